The highest BCUT2D eigenvalue weighted by Gasteiger charge is 2.19. The van der Waals surface area contributed by atoms with Crippen molar-refractivity contribution in [3.05, 3.63) is 59.3 Å². The third-order valence-corrected chi connectivity index (χ3v) is 5.91. The molecule has 3 aromatic heterocycles. The van der Waals surface area contributed by atoms with Crippen LogP contribution in [0.3, 0.4) is 0 Å². The first-order valence-corrected chi connectivity index (χ1v) is 10.6. The smallest absolute Gasteiger partial charge is 0.223 e. The number of piperidine rings is 1. The Bertz CT molecular complexity index is 1090. The van der Waals surface area contributed by atoms with Crippen LogP contribution in [0, 0.1) is 6.92 Å². The summed E-state index contributed by atoms with van der Waals surface area (Å²) in [5.74, 6) is 0.641. The lowest BCUT2D eigenvalue weighted by Gasteiger charge is -2.29. The zero-order valence-corrected chi connectivity index (χ0v) is 18.1. The SMILES string of the molecule is C.C/C=C(/c1ccc2ncc(C(F)CF)n2c1)c1cnc(NC2CCN(C)CC2)nc1C. The van der Waals surface area contributed by atoms with E-state index in [1.807, 2.05) is 32.2 Å². The van der Waals surface area contributed by atoms with Crippen LogP contribution >= 0.6 is 0 Å². The lowest BCUT2D eigenvalue weighted by atomic mass is 9.99. The van der Waals surface area contributed by atoms with Gasteiger partial charge in [0.2, 0.25) is 5.95 Å². The number of hydrogen-bond acceptors (Lipinski definition) is 5. The van der Waals surface area contributed by atoms with Crippen molar-refractivity contribution in [2.75, 3.05) is 32.1 Å². The summed E-state index contributed by atoms with van der Waals surface area (Å²) >= 11 is 0. The molecule has 0 aromatic carbocycles. The molecule has 4 heterocycles. The number of imidazole rings is 1. The van der Waals surface area contributed by atoms with Gasteiger partial charge in [0.1, 0.15) is 12.3 Å². The van der Waals surface area contributed by atoms with E-state index in [1.54, 1.807) is 16.7 Å². The standard InChI is InChI=1S/C23H28F2N6.CH4/c1-4-18(16-5-6-22-26-13-21(20(25)11-24)31(22)14-16)19-12-27-23(28-15(19)2)29-17-7-9-30(3)10-8-17;/h4-6,12-14,17,20H,7-11H2,1-3H3,(H,27,28,29);1H4/b18-4-;. The lowest BCUT2D eigenvalue weighted by Crippen LogP contribution is -2.37. The third kappa shape index (κ3) is 4.80. The fourth-order valence-corrected chi connectivity index (χ4v) is 4.08. The van der Waals surface area contributed by atoms with E-state index < -0.39 is 12.8 Å². The number of alkyl halides is 2. The number of rotatable bonds is 6. The number of pyridine rings is 1. The summed E-state index contributed by atoms with van der Waals surface area (Å²) in [5.41, 5.74) is 4.34. The van der Waals surface area contributed by atoms with Gasteiger partial charge in [-0.15, -0.1) is 0 Å². The van der Waals surface area contributed by atoms with Crippen molar-refractivity contribution in [2.45, 2.75) is 46.3 Å². The third-order valence-electron chi connectivity index (χ3n) is 5.91. The molecule has 0 bridgehead atoms. The van der Waals surface area contributed by atoms with Crippen LogP contribution in [0.4, 0.5) is 14.7 Å². The van der Waals surface area contributed by atoms with Crippen LogP contribution in [-0.2, 0) is 0 Å². The minimum atomic E-state index is -1.70. The Labute approximate surface area is 188 Å². The first kappa shape index (κ1) is 23.8. The molecular weight excluding hydrogens is 410 g/mol. The van der Waals surface area contributed by atoms with E-state index in [0.717, 1.165) is 48.3 Å². The highest BCUT2D eigenvalue weighted by atomic mass is 19.2. The molecule has 3 aromatic rings. The van der Waals surface area contributed by atoms with Gasteiger partial charge in [0.15, 0.2) is 6.17 Å². The minimum absolute atomic E-state index is 0. The molecule has 1 aliphatic rings. The van der Waals surface area contributed by atoms with Gasteiger partial charge in [0, 0.05) is 24.0 Å². The van der Waals surface area contributed by atoms with Crippen molar-refractivity contribution in [2.24, 2.45) is 0 Å². The topological polar surface area (TPSA) is 58.4 Å². The number of nitrogens with one attached hydrogen (secondary N) is 1. The number of fused-ring (bicyclic) bond motifs is 1. The highest BCUT2D eigenvalue weighted by Crippen LogP contribution is 2.28. The number of anilines is 1. The van der Waals surface area contributed by atoms with Crippen LogP contribution in [0.15, 0.2) is 36.8 Å². The summed E-state index contributed by atoms with van der Waals surface area (Å²) in [6.07, 6.45) is 7.43. The monoisotopic (exact) mass is 442 g/mol. The van der Waals surface area contributed by atoms with Gasteiger partial charge in [-0.25, -0.2) is 23.7 Å². The zero-order chi connectivity index (χ0) is 22.0. The van der Waals surface area contributed by atoms with E-state index in [9.17, 15) is 8.78 Å². The molecule has 4 rings (SSSR count). The van der Waals surface area contributed by atoms with E-state index in [1.165, 1.54) is 6.20 Å². The average Bonchev–Trinajstić information content (AvgIpc) is 3.20. The van der Waals surface area contributed by atoms with E-state index in [4.69, 9.17) is 0 Å². The second kappa shape index (κ2) is 10.2. The van der Waals surface area contributed by atoms with E-state index in [-0.39, 0.29) is 13.1 Å². The summed E-state index contributed by atoms with van der Waals surface area (Å²) in [5, 5.41) is 3.46. The van der Waals surface area contributed by atoms with Crippen molar-refractivity contribution >= 4 is 17.2 Å². The largest absolute Gasteiger partial charge is 0.351 e. The Morgan fingerprint density at radius 2 is 2.00 bits per heavy atom. The quantitative estimate of drug-likeness (QED) is 0.582. The maximum atomic E-state index is 14.0. The fraction of sp³-hybridized carbons (Fsp3) is 0.458. The maximum absolute atomic E-state index is 14.0. The molecule has 0 aliphatic carbocycles. The highest BCUT2D eigenvalue weighted by molar-refractivity contribution is 5.80. The van der Waals surface area contributed by atoms with Gasteiger partial charge in [0.05, 0.1) is 17.6 Å². The summed E-state index contributed by atoms with van der Waals surface area (Å²) in [6, 6.07) is 4.11. The van der Waals surface area contributed by atoms with Crippen LogP contribution in [0.5, 0.6) is 0 Å². The minimum Gasteiger partial charge on any atom is -0.351 e. The molecule has 172 valence electrons. The Hall–Kier alpha value is -2.87. The van der Waals surface area contributed by atoms with Crippen LogP contribution in [-0.4, -0.2) is 57.1 Å². The van der Waals surface area contributed by atoms with Gasteiger partial charge in [-0.1, -0.05) is 13.5 Å². The number of halogens is 2. The van der Waals surface area contributed by atoms with Crippen molar-refractivity contribution in [3.63, 3.8) is 0 Å². The summed E-state index contributed by atoms with van der Waals surface area (Å²) in [6.45, 7) is 4.96. The van der Waals surface area contributed by atoms with E-state index >= 15 is 0 Å². The molecule has 1 unspecified atom stereocenters. The van der Waals surface area contributed by atoms with Gasteiger partial charge < -0.3 is 14.6 Å². The van der Waals surface area contributed by atoms with E-state index in [0.29, 0.717) is 17.6 Å². The van der Waals surface area contributed by atoms with E-state index in [2.05, 4.69) is 32.2 Å². The summed E-state index contributed by atoms with van der Waals surface area (Å²) in [7, 11) is 2.14. The molecule has 0 radical (unpaired) electrons. The second-order valence-electron chi connectivity index (χ2n) is 8.07. The normalized spacial score (nSPS) is 16.7. The number of aromatic nitrogens is 4. The van der Waals surface area contributed by atoms with Crippen molar-refractivity contribution < 1.29 is 8.78 Å². The molecule has 6 nitrogen and oxygen atoms in total. The number of nitrogens with zero attached hydrogens (tertiary/aromatic N) is 5. The number of aryl methyl sites for hydroxylation is 1. The average molecular weight is 443 g/mol. The Morgan fingerprint density at radius 1 is 1.25 bits per heavy atom. The predicted molar refractivity (Wildman–Crippen MR) is 125 cm³/mol. The number of allylic oxidation sites excluding steroid dienone is 1. The molecule has 8 heteroatoms. The van der Waals surface area contributed by atoms with Gasteiger partial charge in [-0.3, -0.25) is 0 Å². The predicted octanol–water partition coefficient (Wildman–Crippen LogP) is 5.01. The molecule has 1 aliphatic heterocycles. The fourth-order valence-electron chi connectivity index (χ4n) is 4.08. The molecule has 0 saturated carbocycles. The van der Waals surface area contributed by atoms with Crippen molar-refractivity contribution in [1.82, 2.24) is 24.3 Å². The number of likely N-dealkylation sites (tertiary alicyclic amines) is 1. The van der Waals surface area contributed by atoms with Crippen LogP contribution < -0.4 is 5.32 Å². The maximum Gasteiger partial charge on any atom is 0.223 e. The van der Waals surface area contributed by atoms with Crippen molar-refractivity contribution in [3.8, 4) is 0 Å². The zero-order valence-electron chi connectivity index (χ0n) is 18.1. The molecule has 32 heavy (non-hydrogen) atoms. The molecule has 0 spiro atoms. The number of hydrogen-bond donors (Lipinski definition) is 1. The lowest BCUT2D eigenvalue weighted by molar-refractivity contribution is 0.259. The molecule has 1 atom stereocenters. The van der Waals surface area contributed by atoms with Gasteiger partial charge in [-0.2, -0.15) is 0 Å². The van der Waals surface area contributed by atoms with Gasteiger partial charge >= 0.3 is 0 Å². The van der Waals surface area contributed by atoms with Gasteiger partial charge in [-0.05, 0) is 70.1 Å². The molecule has 1 fully saturated rings. The van der Waals surface area contributed by atoms with Crippen LogP contribution in [0.1, 0.15) is 55.9 Å². The summed E-state index contributed by atoms with van der Waals surface area (Å²) < 4.78 is 28.5. The Balaban J connectivity index is 0.00000289. The molecule has 1 N–H and O–H groups in total. The Kier molecular flexibility index (Phi) is 7.56. The molecular formula is C24H32F2N6. The van der Waals surface area contributed by atoms with Crippen LogP contribution in [0.25, 0.3) is 11.2 Å². The van der Waals surface area contributed by atoms with Crippen LogP contribution in [0.2, 0.25) is 0 Å². The second-order valence-corrected chi connectivity index (χ2v) is 8.07. The van der Waals surface area contributed by atoms with Gasteiger partial charge in [0.25, 0.3) is 0 Å². The summed E-state index contributed by atoms with van der Waals surface area (Å²) in [4.78, 5) is 15.7. The van der Waals surface area contributed by atoms with Crippen molar-refractivity contribution in [1.29, 1.82) is 0 Å². The first-order valence-electron chi connectivity index (χ1n) is 10.6. The Morgan fingerprint density at radius 3 is 2.66 bits per heavy atom. The molecule has 1 saturated heterocycles. The molecule has 0 amide bonds. The first-order chi connectivity index (χ1) is 15.0.